The Morgan fingerprint density at radius 2 is 1.90 bits per heavy atom. The van der Waals surface area contributed by atoms with Crippen LogP contribution in [0.3, 0.4) is 0 Å². The van der Waals surface area contributed by atoms with Gasteiger partial charge < -0.3 is 5.73 Å². The van der Waals surface area contributed by atoms with Crippen molar-refractivity contribution < 1.29 is 13.2 Å². The third-order valence-corrected chi connectivity index (χ3v) is 4.61. The first-order valence-corrected chi connectivity index (χ1v) is 7.17. The molecule has 1 aliphatic carbocycles. The Balaban J connectivity index is 1.90. The molecule has 0 aliphatic heterocycles. The average Bonchev–Trinajstić information content (AvgIpc) is 2.80. The Kier molecular flexibility index (Phi) is 3.30. The van der Waals surface area contributed by atoms with Crippen molar-refractivity contribution in [2.24, 2.45) is 5.73 Å². The first-order valence-electron chi connectivity index (χ1n) is 6.35. The SMILES string of the molecule is NC1CCc2nc(-c3ccc(C(F)(F)F)cc3)sc2C1. The normalized spacial score (nSPS) is 18.9. The van der Waals surface area contributed by atoms with Gasteiger partial charge >= 0.3 is 6.18 Å². The Morgan fingerprint density at radius 3 is 2.55 bits per heavy atom. The van der Waals surface area contributed by atoms with Crippen molar-refractivity contribution in [3.63, 3.8) is 0 Å². The highest BCUT2D eigenvalue weighted by atomic mass is 32.1. The summed E-state index contributed by atoms with van der Waals surface area (Å²) < 4.78 is 37.6. The summed E-state index contributed by atoms with van der Waals surface area (Å²) in [5.41, 5.74) is 7.06. The van der Waals surface area contributed by atoms with Crippen LogP contribution in [0.25, 0.3) is 10.6 Å². The number of nitrogens with two attached hydrogens (primary N) is 1. The molecule has 0 bridgehead atoms. The standard InChI is InChI=1S/C14H13F3N2S/c15-14(16,17)9-3-1-8(2-4-9)13-19-11-6-5-10(18)7-12(11)20-13/h1-4,10H,5-7,18H2. The van der Waals surface area contributed by atoms with E-state index >= 15 is 0 Å². The van der Waals surface area contributed by atoms with Crippen LogP contribution < -0.4 is 5.73 Å². The van der Waals surface area contributed by atoms with E-state index < -0.39 is 11.7 Å². The fraction of sp³-hybridized carbons (Fsp3) is 0.357. The van der Waals surface area contributed by atoms with Crippen LogP contribution in [-0.2, 0) is 19.0 Å². The van der Waals surface area contributed by atoms with Crippen LogP contribution in [0.1, 0.15) is 22.6 Å². The molecular formula is C14H13F3N2S. The first-order chi connectivity index (χ1) is 9.43. The predicted octanol–water partition coefficient (Wildman–Crippen LogP) is 3.64. The number of aromatic nitrogens is 1. The average molecular weight is 298 g/mol. The van der Waals surface area contributed by atoms with Gasteiger partial charge in [-0.1, -0.05) is 12.1 Å². The lowest BCUT2D eigenvalue weighted by Gasteiger charge is -2.15. The van der Waals surface area contributed by atoms with Gasteiger partial charge in [0.2, 0.25) is 0 Å². The van der Waals surface area contributed by atoms with Crippen molar-refractivity contribution in [2.75, 3.05) is 0 Å². The number of aryl methyl sites for hydroxylation is 1. The van der Waals surface area contributed by atoms with Gasteiger partial charge in [-0.2, -0.15) is 13.2 Å². The van der Waals surface area contributed by atoms with Gasteiger partial charge in [0.05, 0.1) is 11.3 Å². The number of thiazole rings is 1. The molecule has 20 heavy (non-hydrogen) atoms. The maximum Gasteiger partial charge on any atom is 0.416 e. The van der Waals surface area contributed by atoms with Gasteiger partial charge in [0, 0.05) is 16.5 Å². The van der Waals surface area contributed by atoms with Gasteiger partial charge in [0.1, 0.15) is 5.01 Å². The fourth-order valence-corrected chi connectivity index (χ4v) is 3.53. The molecule has 6 heteroatoms. The number of halogens is 3. The molecule has 2 N–H and O–H groups in total. The number of hydrogen-bond donors (Lipinski definition) is 1. The van der Waals surface area contributed by atoms with Crippen molar-refractivity contribution >= 4 is 11.3 Å². The van der Waals surface area contributed by atoms with E-state index in [0.29, 0.717) is 0 Å². The van der Waals surface area contributed by atoms with Gasteiger partial charge in [-0.15, -0.1) is 11.3 Å². The van der Waals surface area contributed by atoms with Crippen LogP contribution in [0.5, 0.6) is 0 Å². The summed E-state index contributed by atoms with van der Waals surface area (Å²) in [6.07, 6.45) is -1.71. The topological polar surface area (TPSA) is 38.9 Å². The first kappa shape index (κ1) is 13.6. The van der Waals surface area contributed by atoms with E-state index in [-0.39, 0.29) is 6.04 Å². The molecule has 1 unspecified atom stereocenters. The highest BCUT2D eigenvalue weighted by Gasteiger charge is 2.30. The molecule has 0 spiro atoms. The summed E-state index contributed by atoms with van der Waals surface area (Å²) in [5, 5.41) is 0.776. The number of benzene rings is 1. The van der Waals surface area contributed by atoms with E-state index in [1.54, 1.807) is 0 Å². The van der Waals surface area contributed by atoms with Gasteiger partial charge in [-0.05, 0) is 31.4 Å². The number of nitrogens with zero attached hydrogens (tertiary/aromatic N) is 1. The molecule has 0 radical (unpaired) electrons. The molecule has 1 aliphatic rings. The second-order valence-electron chi connectivity index (χ2n) is 4.97. The maximum atomic E-state index is 12.5. The van der Waals surface area contributed by atoms with E-state index in [9.17, 15) is 13.2 Å². The Morgan fingerprint density at radius 1 is 1.20 bits per heavy atom. The molecule has 106 valence electrons. The van der Waals surface area contributed by atoms with Crippen molar-refractivity contribution in [1.29, 1.82) is 0 Å². The van der Waals surface area contributed by atoms with E-state index in [0.717, 1.165) is 47.7 Å². The highest BCUT2D eigenvalue weighted by Crippen LogP contribution is 2.34. The maximum absolute atomic E-state index is 12.5. The molecule has 1 heterocycles. The second-order valence-corrected chi connectivity index (χ2v) is 6.05. The number of fused-ring (bicyclic) bond motifs is 1. The minimum Gasteiger partial charge on any atom is -0.327 e. The summed E-state index contributed by atoms with van der Waals surface area (Å²) >= 11 is 1.53. The Bertz CT molecular complexity index is 616. The molecule has 1 atom stereocenters. The van der Waals surface area contributed by atoms with E-state index in [4.69, 9.17) is 5.73 Å². The number of alkyl halides is 3. The molecule has 2 aromatic rings. The largest absolute Gasteiger partial charge is 0.416 e. The summed E-state index contributed by atoms with van der Waals surface area (Å²) in [6, 6.07) is 5.33. The molecule has 1 aromatic carbocycles. The molecule has 0 saturated carbocycles. The van der Waals surface area contributed by atoms with Crippen molar-refractivity contribution in [3.8, 4) is 10.6 Å². The monoisotopic (exact) mass is 298 g/mol. The Labute approximate surface area is 118 Å². The second kappa shape index (κ2) is 4.86. The lowest BCUT2D eigenvalue weighted by molar-refractivity contribution is -0.137. The molecule has 3 rings (SSSR count). The molecule has 0 amide bonds. The third kappa shape index (κ3) is 2.58. The van der Waals surface area contributed by atoms with Crippen molar-refractivity contribution in [1.82, 2.24) is 4.98 Å². The molecule has 0 fully saturated rings. The van der Waals surface area contributed by atoms with E-state index in [1.807, 2.05) is 0 Å². The van der Waals surface area contributed by atoms with Crippen LogP contribution in [-0.4, -0.2) is 11.0 Å². The van der Waals surface area contributed by atoms with Crippen LogP contribution in [0.15, 0.2) is 24.3 Å². The van der Waals surface area contributed by atoms with Crippen LogP contribution in [0.4, 0.5) is 13.2 Å². The van der Waals surface area contributed by atoms with E-state index in [1.165, 1.54) is 28.3 Å². The van der Waals surface area contributed by atoms with Gasteiger partial charge in [0.15, 0.2) is 0 Å². The zero-order chi connectivity index (χ0) is 14.3. The van der Waals surface area contributed by atoms with E-state index in [2.05, 4.69) is 4.98 Å². The van der Waals surface area contributed by atoms with Crippen molar-refractivity contribution in [2.45, 2.75) is 31.5 Å². The summed E-state index contributed by atoms with van der Waals surface area (Å²) in [7, 11) is 0. The Hall–Kier alpha value is -1.40. The third-order valence-electron chi connectivity index (χ3n) is 3.44. The summed E-state index contributed by atoms with van der Waals surface area (Å²) in [6.45, 7) is 0. The molecule has 1 aromatic heterocycles. The zero-order valence-electron chi connectivity index (χ0n) is 10.6. The number of rotatable bonds is 1. The molecule has 2 nitrogen and oxygen atoms in total. The lowest BCUT2D eigenvalue weighted by Crippen LogP contribution is -2.26. The molecular weight excluding hydrogens is 285 g/mol. The summed E-state index contributed by atoms with van der Waals surface area (Å²) in [4.78, 5) is 5.69. The quantitative estimate of drug-likeness (QED) is 0.873. The zero-order valence-corrected chi connectivity index (χ0v) is 11.4. The lowest BCUT2D eigenvalue weighted by atomic mass is 9.99. The van der Waals surface area contributed by atoms with Crippen LogP contribution in [0, 0.1) is 0 Å². The number of hydrogen-bond acceptors (Lipinski definition) is 3. The minimum atomic E-state index is -4.30. The van der Waals surface area contributed by atoms with Gasteiger partial charge in [-0.25, -0.2) is 4.98 Å². The minimum absolute atomic E-state index is 0.170. The fourth-order valence-electron chi connectivity index (χ4n) is 2.33. The van der Waals surface area contributed by atoms with Crippen LogP contribution >= 0.6 is 11.3 Å². The van der Waals surface area contributed by atoms with Crippen LogP contribution in [0.2, 0.25) is 0 Å². The van der Waals surface area contributed by atoms with Gasteiger partial charge in [-0.3, -0.25) is 0 Å². The van der Waals surface area contributed by atoms with Crippen molar-refractivity contribution in [3.05, 3.63) is 40.4 Å². The van der Waals surface area contributed by atoms with Gasteiger partial charge in [0.25, 0.3) is 0 Å². The smallest absolute Gasteiger partial charge is 0.327 e. The summed E-state index contributed by atoms with van der Waals surface area (Å²) in [5.74, 6) is 0. The predicted molar refractivity (Wildman–Crippen MR) is 72.6 cm³/mol. The highest BCUT2D eigenvalue weighted by molar-refractivity contribution is 7.15. The molecule has 0 saturated heterocycles.